The highest BCUT2D eigenvalue weighted by atomic mass is 32.2. The van der Waals surface area contributed by atoms with Gasteiger partial charge in [-0.1, -0.05) is 20.8 Å². The van der Waals surface area contributed by atoms with Crippen molar-refractivity contribution in [3.8, 4) is 0 Å². The van der Waals surface area contributed by atoms with Crippen LogP contribution in [-0.2, 0) is 16.6 Å². The predicted molar refractivity (Wildman–Crippen MR) is 87.1 cm³/mol. The molecule has 7 heteroatoms. The third-order valence-corrected chi connectivity index (χ3v) is 5.92. The minimum absolute atomic E-state index is 0.0211. The summed E-state index contributed by atoms with van der Waals surface area (Å²) >= 11 is 0. The predicted octanol–water partition coefficient (Wildman–Crippen LogP) is 1.64. The lowest BCUT2D eigenvalue weighted by molar-refractivity contribution is 0.270. The molecular weight excluding hydrogens is 300 g/mol. The van der Waals surface area contributed by atoms with Crippen LogP contribution in [0.15, 0.2) is 17.6 Å². The van der Waals surface area contributed by atoms with Gasteiger partial charge in [-0.25, -0.2) is 13.4 Å². The second-order valence-corrected chi connectivity index (χ2v) is 8.43. The third-order valence-electron chi connectivity index (χ3n) is 4.08. The fourth-order valence-electron chi connectivity index (χ4n) is 2.98. The van der Waals surface area contributed by atoms with Crippen LogP contribution in [0.4, 0.5) is 0 Å². The van der Waals surface area contributed by atoms with Gasteiger partial charge in [-0.3, -0.25) is 0 Å². The number of sulfonamides is 1. The molecule has 0 amide bonds. The van der Waals surface area contributed by atoms with Crippen LogP contribution in [0, 0.1) is 5.92 Å². The Balaban J connectivity index is 2.25. The molecule has 126 valence electrons. The summed E-state index contributed by atoms with van der Waals surface area (Å²) in [5, 5.41) is 0.177. The van der Waals surface area contributed by atoms with Crippen molar-refractivity contribution in [3.63, 3.8) is 0 Å². The van der Waals surface area contributed by atoms with Gasteiger partial charge in [0, 0.05) is 31.9 Å². The maximum atomic E-state index is 12.9. The molecule has 1 aliphatic rings. The summed E-state index contributed by atoms with van der Waals surface area (Å²) < 4.78 is 29.4. The van der Waals surface area contributed by atoms with Gasteiger partial charge in [0.05, 0.1) is 6.33 Å². The molecule has 6 nitrogen and oxygen atoms in total. The Kier molecular flexibility index (Phi) is 5.63. The lowest BCUT2D eigenvalue weighted by Crippen LogP contribution is -2.43. The van der Waals surface area contributed by atoms with E-state index in [-0.39, 0.29) is 11.1 Å². The Bertz CT molecular complexity index is 582. The van der Waals surface area contributed by atoms with E-state index < -0.39 is 10.0 Å². The highest BCUT2D eigenvalue weighted by molar-refractivity contribution is 7.89. The smallest absolute Gasteiger partial charge is 0.262 e. The van der Waals surface area contributed by atoms with Crippen LogP contribution in [0.5, 0.6) is 0 Å². The van der Waals surface area contributed by atoms with Gasteiger partial charge in [-0.15, -0.1) is 0 Å². The Labute approximate surface area is 134 Å². The van der Waals surface area contributed by atoms with Gasteiger partial charge in [0.1, 0.15) is 0 Å². The van der Waals surface area contributed by atoms with Crippen LogP contribution < -0.4 is 0 Å². The van der Waals surface area contributed by atoms with Gasteiger partial charge in [-0.2, -0.15) is 4.31 Å². The summed E-state index contributed by atoms with van der Waals surface area (Å²) in [6.45, 7) is 9.32. The fraction of sp³-hybridized carbons (Fsp3) is 0.800. The van der Waals surface area contributed by atoms with Crippen LogP contribution in [-0.4, -0.2) is 59.9 Å². The zero-order valence-corrected chi connectivity index (χ0v) is 14.9. The topological polar surface area (TPSA) is 58.4 Å². The second-order valence-electron chi connectivity index (χ2n) is 6.60. The SMILES string of the molecule is CCC1CN(C)CCCN1S(=O)(=O)c1cn(CC(C)C)cn1. The Morgan fingerprint density at radius 2 is 2.09 bits per heavy atom. The molecule has 0 saturated carbocycles. The third kappa shape index (κ3) is 3.88. The molecule has 1 atom stereocenters. The molecule has 1 aliphatic heterocycles. The zero-order valence-electron chi connectivity index (χ0n) is 14.1. The van der Waals surface area contributed by atoms with Crippen molar-refractivity contribution < 1.29 is 8.42 Å². The second kappa shape index (κ2) is 7.10. The van der Waals surface area contributed by atoms with Crippen molar-refractivity contribution in [1.29, 1.82) is 0 Å². The molecule has 22 heavy (non-hydrogen) atoms. The quantitative estimate of drug-likeness (QED) is 0.824. The average molecular weight is 328 g/mol. The first-order chi connectivity index (χ1) is 10.3. The zero-order chi connectivity index (χ0) is 16.3. The first-order valence-corrected chi connectivity index (χ1v) is 9.50. The number of aromatic nitrogens is 2. The maximum Gasteiger partial charge on any atom is 0.262 e. The van der Waals surface area contributed by atoms with E-state index in [4.69, 9.17) is 0 Å². The summed E-state index contributed by atoms with van der Waals surface area (Å²) in [6.07, 6.45) is 4.96. The first-order valence-electron chi connectivity index (χ1n) is 8.06. The summed E-state index contributed by atoms with van der Waals surface area (Å²) in [6, 6.07) is 0.0211. The number of likely N-dealkylation sites (N-methyl/N-ethyl adjacent to an activating group) is 1. The molecule has 2 heterocycles. The van der Waals surface area contributed by atoms with Crippen LogP contribution in [0.2, 0.25) is 0 Å². The molecule has 1 aromatic heterocycles. The first kappa shape index (κ1) is 17.4. The summed E-state index contributed by atoms with van der Waals surface area (Å²) in [5.41, 5.74) is 0. The number of nitrogens with zero attached hydrogens (tertiary/aromatic N) is 4. The van der Waals surface area contributed by atoms with Gasteiger partial charge in [0.2, 0.25) is 0 Å². The molecule has 0 spiro atoms. The summed E-state index contributed by atoms with van der Waals surface area (Å²) in [5.74, 6) is 0.458. The van der Waals surface area contributed by atoms with E-state index in [1.165, 1.54) is 0 Å². The normalized spacial score (nSPS) is 22.1. The summed E-state index contributed by atoms with van der Waals surface area (Å²) in [4.78, 5) is 6.36. The minimum atomic E-state index is -3.51. The van der Waals surface area contributed by atoms with Crippen molar-refractivity contribution in [2.75, 3.05) is 26.7 Å². The van der Waals surface area contributed by atoms with E-state index >= 15 is 0 Å². The van der Waals surface area contributed by atoms with Gasteiger partial charge >= 0.3 is 0 Å². The van der Waals surface area contributed by atoms with E-state index in [9.17, 15) is 8.42 Å². The molecule has 0 bridgehead atoms. The molecule has 1 saturated heterocycles. The monoisotopic (exact) mass is 328 g/mol. The van der Waals surface area contributed by atoms with Crippen LogP contribution >= 0.6 is 0 Å². The molecule has 0 N–H and O–H groups in total. The largest absolute Gasteiger partial charge is 0.336 e. The van der Waals surface area contributed by atoms with Crippen molar-refractivity contribution in [3.05, 3.63) is 12.5 Å². The molecular formula is C15H28N4O2S. The fourth-order valence-corrected chi connectivity index (χ4v) is 4.65. The van der Waals surface area contributed by atoms with Crippen LogP contribution in [0.3, 0.4) is 0 Å². The van der Waals surface area contributed by atoms with Crippen molar-refractivity contribution >= 4 is 10.0 Å². The Hall–Kier alpha value is -0.920. The van der Waals surface area contributed by atoms with E-state index in [2.05, 4.69) is 30.8 Å². The lowest BCUT2D eigenvalue weighted by atomic mass is 10.2. The van der Waals surface area contributed by atoms with E-state index in [0.29, 0.717) is 12.5 Å². The van der Waals surface area contributed by atoms with Gasteiger partial charge in [0.25, 0.3) is 10.0 Å². The van der Waals surface area contributed by atoms with Gasteiger partial charge in [-0.05, 0) is 32.4 Å². The van der Waals surface area contributed by atoms with Gasteiger partial charge in [0.15, 0.2) is 5.03 Å². The number of imidazole rings is 1. The Morgan fingerprint density at radius 3 is 2.73 bits per heavy atom. The highest BCUT2D eigenvalue weighted by Crippen LogP contribution is 2.21. The Morgan fingerprint density at radius 1 is 1.36 bits per heavy atom. The highest BCUT2D eigenvalue weighted by Gasteiger charge is 2.34. The van der Waals surface area contributed by atoms with Gasteiger partial charge < -0.3 is 9.47 Å². The molecule has 1 unspecified atom stereocenters. The van der Waals surface area contributed by atoms with E-state index in [0.717, 1.165) is 32.5 Å². The van der Waals surface area contributed by atoms with E-state index in [1.807, 2.05) is 11.5 Å². The molecule has 0 aliphatic carbocycles. The van der Waals surface area contributed by atoms with Crippen LogP contribution in [0.25, 0.3) is 0 Å². The van der Waals surface area contributed by atoms with Crippen molar-refractivity contribution in [2.45, 2.75) is 51.2 Å². The molecule has 2 rings (SSSR count). The van der Waals surface area contributed by atoms with E-state index in [1.54, 1.807) is 16.8 Å². The number of hydrogen-bond acceptors (Lipinski definition) is 4. The standard InChI is InChI=1S/C15H28N4O2S/c1-5-14-10-17(4)7-6-8-19(14)22(20,21)15-11-18(12-16-15)9-13(2)3/h11-14H,5-10H2,1-4H3. The molecule has 0 radical (unpaired) electrons. The molecule has 0 aromatic carbocycles. The maximum absolute atomic E-state index is 12.9. The minimum Gasteiger partial charge on any atom is -0.336 e. The number of hydrogen-bond donors (Lipinski definition) is 0. The number of rotatable bonds is 5. The van der Waals surface area contributed by atoms with Crippen molar-refractivity contribution in [1.82, 2.24) is 18.8 Å². The lowest BCUT2D eigenvalue weighted by Gasteiger charge is -2.28. The molecule has 1 fully saturated rings. The molecule has 1 aromatic rings. The average Bonchev–Trinajstić information content (AvgIpc) is 2.80. The van der Waals surface area contributed by atoms with Crippen LogP contribution in [0.1, 0.15) is 33.6 Å². The summed E-state index contributed by atoms with van der Waals surface area (Å²) in [7, 11) is -1.46. The van der Waals surface area contributed by atoms with Crippen molar-refractivity contribution in [2.24, 2.45) is 5.92 Å².